The van der Waals surface area contributed by atoms with Crippen molar-refractivity contribution >= 4 is 17.4 Å². The van der Waals surface area contributed by atoms with Crippen LogP contribution in [-0.4, -0.2) is 36.6 Å². The highest BCUT2D eigenvalue weighted by Crippen LogP contribution is 2.42. The third-order valence-electron chi connectivity index (χ3n) is 5.47. The molecule has 1 aliphatic rings. The number of carbonyl (C=O) groups excluding carboxylic acids is 2. The van der Waals surface area contributed by atoms with Crippen molar-refractivity contribution in [2.24, 2.45) is 0 Å². The molecule has 0 bridgehead atoms. The molecule has 0 saturated heterocycles. The highest BCUT2D eigenvalue weighted by molar-refractivity contribution is 6.10. The normalized spacial score (nSPS) is 17.2. The van der Waals surface area contributed by atoms with Crippen molar-refractivity contribution in [2.45, 2.75) is 18.9 Å². The fourth-order valence-corrected chi connectivity index (χ4v) is 3.91. The number of ether oxygens (including phenoxy) is 2. The number of Topliss-reactive ketones (excluding diaryl/α,β-unsaturated/α-hetero) is 1. The molecular weight excluding hydrogens is 406 g/mol. The van der Waals surface area contributed by atoms with Crippen molar-refractivity contribution in [2.75, 3.05) is 24.7 Å². The summed E-state index contributed by atoms with van der Waals surface area (Å²) in [6.07, 6.45) is -0.340. The fraction of sp³-hybridized carbons (Fsp3) is 0.231. The smallest absolute Gasteiger partial charge is 0.264 e. The predicted molar refractivity (Wildman–Crippen MR) is 121 cm³/mol. The number of nitrogens with zero attached hydrogens (tertiary/aromatic N) is 1. The Morgan fingerprint density at radius 1 is 0.906 bits per heavy atom. The van der Waals surface area contributed by atoms with E-state index in [2.05, 4.69) is 0 Å². The topological polar surface area (TPSA) is 76.1 Å². The number of anilines is 1. The average molecular weight is 431 g/mol. The van der Waals surface area contributed by atoms with Gasteiger partial charge in [0.25, 0.3) is 5.91 Å². The molecule has 0 spiro atoms. The van der Waals surface area contributed by atoms with Crippen LogP contribution in [0.4, 0.5) is 5.69 Å². The number of ketones is 1. The highest BCUT2D eigenvalue weighted by atomic mass is 16.5. The molecular formula is C26H25NO5. The monoisotopic (exact) mass is 431 g/mol. The quantitative estimate of drug-likeness (QED) is 0.519. The maximum atomic E-state index is 13.3. The van der Waals surface area contributed by atoms with Gasteiger partial charge in [0.05, 0.1) is 25.3 Å². The number of rotatable bonds is 9. The van der Waals surface area contributed by atoms with Crippen LogP contribution < -0.4 is 14.4 Å². The van der Waals surface area contributed by atoms with Crippen LogP contribution in [0.1, 0.15) is 29.3 Å². The van der Waals surface area contributed by atoms with Crippen LogP contribution >= 0.6 is 0 Å². The number of fused-ring (bicyclic) bond motifs is 1. The average Bonchev–Trinajstić information content (AvgIpc) is 3.02. The third kappa shape index (κ3) is 4.22. The van der Waals surface area contributed by atoms with Crippen LogP contribution in [0.25, 0.3) is 0 Å². The van der Waals surface area contributed by atoms with Crippen LogP contribution in [0, 0.1) is 0 Å². The lowest BCUT2D eigenvalue weighted by atomic mass is 9.88. The Hall–Kier alpha value is -3.64. The number of amides is 1. The lowest BCUT2D eigenvalue weighted by Crippen LogP contribution is -2.43. The van der Waals surface area contributed by atoms with E-state index in [-0.39, 0.29) is 25.4 Å². The van der Waals surface area contributed by atoms with E-state index < -0.39 is 11.5 Å². The van der Waals surface area contributed by atoms with E-state index >= 15 is 0 Å². The Labute approximate surface area is 187 Å². The number of para-hydroxylation sites is 2. The molecule has 0 fully saturated rings. The third-order valence-corrected chi connectivity index (χ3v) is 5.47. The minimum Gasteiger partial charge on any atom is -0.494 e. The van der Waals surface area contributed by atoms with Gasteiger partial charge in [-0.05, 0) is 49.4 Å². The summed E-state index contributed by atoms with van der Waals surface area (Å²) < 4.78 is 11.1. The van der Waals surface area contributed by atoms with Gasteiger partial charge in [0.2, 0.25) is 0 Å². The minimum absolute atomic E-state index is 0.254. The van der Waals surface area contributed by atoms with Crippen molar-refractivity contribution in [1.82, 2.24) is 0 Å². The summed E-state index contributed by atoms with van der Waals surface area (Å²) in [5.74, 6) is 0.527. The fourth-order valence-electron chi connectivity index (χ4n) is 3.91. The van der Waals surface area contributed by atoms with Crippen molar-refractivity contribution in [3.63, 3.8) is 0 Å². The maximum Gasteiger partial charge on any atom is 0.264 e. The largest absolute Gasteiger partial charge is 0.494 e. The molecule has 1 heterocycles. The molecule has 1 N–H and O–H groups in total. The zero-order valence-corrected chi connectivity index (χ0v) is 17.9. The molecule has 0 aliphatic carbocycles. The second kappa shape index (κ2) is 9.24. The van der Waals surface area contributed by atoms with Gasteiger partial charge in [-0.15, -0.1) is 0 Å². The van der Waals surface area contributed by atoms with E-state index in [1.165, 1.54) is 4.90 Å². The van der Waals surface area contributed by atoms with Crippen LogP contribution in [0.3, 0.4) is 0 Å². The number of hydrogen-bond donors (Lipinski definition) is 1. The number of aliphatic hydroxyl groups is 1. The Morgan fingerprint density at radius 2 is 1.56 bits per heavy atom. The van der Waals surface area contributed by atoms with Crippen molar-refractivity contribution in [3.05, 3.63) is 90.0 Å². The van der Waals surface area contributed by atoms with Gasteiger partial charge in [-0.3, -0.25) is 9.59 Å². The van der Waals surface area contributed by atoms with E-state index in [0.29, 0.717) is 34.9 Å². The van der Waals surface area contributed by atoms with Gasteiger partial charge in [0.1, 0.15) is 18.1 Å². The molecule has 6 heteroatoms. The summed E-state index contributed by atoms with van der Waals surface area (Å²) in [5.41, 5.74) is -0.475. The molecule has 32 heavy (non-hydrogen) atoms. The standard InChI is InChI=1S/C26H25NO5/c1-2-31-21-14-12-19(13-15-21)24(28)18-26(30)22-10-6-7-11-23(22)27(25(26)29)16-17-32-20-8-4-3-5-9-20/h3-15,30H,2,16-18H2,1H3/t26-/m0/s1. The molecule has 3 aromatic carbocycles. The molecule has 1 amide bonds. The van der Waals surface area contributed by atoms with Gasteiger partial charge in [-0.25, -0.2) is 0 Å². The molecule has 1 atom stereocenters. The number of hydrogen-bond acceptors (Lipinski definition) is 5. The van der Waals surface area contributed by atoms with Gasteiger partial charge in [-0.2, -0.15) is 0 Å². The zero-order chi connectivity index (χ0) is 22.6. The van der Waals surface area contributed by atoms with Crippen LogP contribution in [0.5, 0.6) is 11.5 Å². The molecule has 4 rings (SSSR count). The second-order valence-corrected chi connectivity index (χ2v) is 7.55. The zero-order valence-electron chi connectivity index (χ0n) is 17.9. The van der Waals surface area contributed by atoms with Crippen molar-refractivity contribution in [1.29, 1.82) is 0 Å². The SMILES string of the molecule is CCOc1ccc(C(=O)C[C@@]2(O)C(=O)N(CCOc3ccccc3)c3ccccc32)cc1. The first-order valence-electron chi connectivity index (χ1n) is 10.6. The predicted octanol–water partition coefficient (Wildman–Crippen LogP) is 3.97. The van der Waals surface area contributed by atoms with Crippen molar-refractivity contribution in [3.8, 4) is 11.5 Å². The lowest BCUT2D eigenvalue weighted by Gasteiger charge is -2.23. The van der Waals surface area contributed by atoms with Crippen LogP contribution in [-0.2, 0) is 10.4 Å². The van der Waals surface area contributed by atoms with Crippen LogP contribution in [0.15, 0.2) is 78.9 Å². The summed E-state index contributed by atoms with van der Waals surface area (Å²) in [7, 11) is 0. The molecule has 164 valence electrons. The lowest BCUT2D eigenvalue weighted by molar-refractivity contribution is -0.135. The Balaban J connectivity index is 1.51. The van der Waals surface area contributed by atoms with E-state index in [0.717, 1.165) is 0 Å². The molecule has 0 saturated carbocycles. The number of carbonyl (C=O) groups is 2. The molecule has 0 unspecified atom stereocenters. The van der Waals surface area contributed by atoms with Crippen molar-refractivity contribution < 1.29 is 24.2 Å². The minimum atomic E-state index is -1.92. The first-order valence-corrected chi connectivity index (χ1v) is 10.6. The van der Waals surface area contributed by atoms with E-state index in [9.17, 15) is 14.7 Å². The van der Waals surface area contributed by atoms with Gasteiger partial charge in [0.15, 0.2) is 11.4 Å². The van der Waals surface area contributed by atoms with Gasteiger partial charge >= 0.3 is 0 Å². The van der Waals surface area contributed by atoms with Gasteiger partial charge in [-0.1, -0.05) is 36.4 Å². The van der Waals surface area contributed by atoms with Gasteiger partial charge in [0, 0.05) is 11.1 Å². The summed E-state index contributed by atoms with van der Waals surface area (Å²) in [6.45, 7) is 2.92. The Bertz CT molecular complexity index is 1100. The highest BCUT2D eigenvalue weighted by Gasteiger charge is 2.50. The Morgan fingerprint density at radius 3 is 2.28 bits per heavy atom. The van der Waals surface area contributed by atoms with Gasteiger partial charge < -0.3 is 19.5 Å². The first-order chi connectivity index (χ1) is 15.5. The summed E-state index contributed by atoms with van der Waals surface area (Å²) in [4.78, 5) is 27.7. The molecule has 3 aromatic rings. The van der Waals surface area contributed by atoms with E-state index in [4.69, 9.17) is 9.47 Å². The molecule has 6 nitrogen and oxygen atoms in total. The first kappa shape index (κ1) is 21.6. The summed E-state index contributed by atoms with van der Waals surface area (Å²) >= 11 is 0. The van der Waals surface area contributed by atoms with Crippen LogP contribution in [0.2, 0.25) is 0 Å². The Kier molecular flexibility index (Phi) is 6.23. The summed E-state index contributed by atoms with van der Waals surface area (Å²) in [5, 5.41) is 11.4. The molecule has 0 aromatic heterocycles. The van der Waals surface area contributed by atoms with E-state index in [1.54, 1.807) is 48.5 Å². The molecule has 1 aliphatic heterocycles. The number of benzene rings is 3. The second-order valence-electron chi connectivity index (χ2n) is 7.55. The summed E-state index contributed by atoms with van der Waals surface area (Å²) in [6, 6.07) is 23.0. The molecule has 0 radical (unpaired) electrons. The van der Waals surface area contributed by atoms with E-state index in [1.807, 2.05) is 37.3 Å². The maximum absolute atomic E-state index is 13.3.